The first-order valence-corrected chi connectivity index (χ1v) is 8.17. The van der Waals surface area contributed by atoms with Crippen molar-refractivity contribution in [1.29, 1.82) is 0 Å². The van der Waals surface area contributed by atoms with Crippen LogP contribution in [0.4, 0.5) is 9.18 Å². The predicted molar refractivity (Wildman–Crippen MR) is 91.2 cm³/mol. The largest absolute Gasteiger partial charge is 0.322 e. The van der Waals surface area contributed by atoms with Gasteiger partial charge in [0.1, 0.15) is 5.82 Å². The highest BCUT2D eigenvalue weighted by molar-refractivity contribution is 5.76. The maximum absolute atomic E-state index is 13.7. The summed E-state index contributed by atoms with van der Waals surface area (Å²) in [7, 11) is 0. The van der Waals surface area contributed by atoms with E-state index in [0.29, 0.717) is 18.7 Å². The molecule has 1 aliphatic heterocycles. The van der Waals surface area contributed by atoms with Crippen LogP contribution in [0.3, 0.4) is 0 Å². The number of halogens is 1. The molecule has 0 aliphatic carbocycles. The molecule has 0 fully saturated rings. The molecule has 0 radical (unpaired) electrons. The third-order valence-corrected chi connectivity index (χ3v) is 4.06. The normalized spacial score (nSPS) is 14.9. The molecule has 0 spiro atoms. The Kier molecular flexibility index (Phi) is 5.97. The fraction of sp³-hybridized carbons (Fsp3) is 0.421. The highest BCUT2D eigenvalue weighted by atomic mass is 19.1. The topological polar surface area (TPSA) is 32.3 Å². The Morgan fingerprint density at radius 3 is 2.78 bits per heavy atom. The van der Waals surface area contributed by atoms with Gasteiger partial charge in [-0.25, -0.2) is 9.18 Å². The number of fused-ring (bicyclic) bond motifs is 1. The van der Waals surface area contributed by atoms with Gasteiger partial charge in [-0.15, -0.1) is 0 Å². The molecular weight excluding hydrogens is 291 g/mol. The Morgan fingerprint density at radius 1 is 1.30 bits per heavy atom. The number of allylic oxidation sites excluding steroid dienone is 4. The number of hydrogen-bond acceptors (Lipinski definition) is 1. The fourth-order valence-electron chi connectivity index (χ4n) is 2.62. The first kappa shape index (κ1) is 17.3. The molecule has 1 N–H and O–H groups in total. The van der Waals surface area contributed by atoms with Gasteiger partial charge in [-0.2, -0.15) is 0 Å². The van der Waals surface area contributed by atoms with E-state index in [1.807, 2.05) is 25.1 Å². The van der Waals surface area contributed by atoms with Crippen LogP contribution in [0, 0.1) is 5.82 Å². The molecule has 3 nitrogen and oxygen atoms in total. The number of nitrogens with zero attached hydrogens (tertiary/aromatic N) is 1. The molecule has 0 saturated heterocycles. The highest BCUT2D eigenvalue weighted by Crippen LogP contribution is 2.25. The Hall–Kier alpha value is -2.10. The predicted octanol–water partition coefficient (Wildman–Crippen LogP) is 4.89. The van der Waals surface area contributed by atoms with Gasteiger partial charge in [0.05, 0.1) is 6.54 Å². The zero-order chi connectivity index (χ0) is 16.8. The van der Waals surface area contributed by atoms with Gasteiger partial charge in [0, 0.05) is 17.8 Å². The molecular formula is C19H25FN2O. The number of amides is 2. The first-order valence-electron chi connectivity index (χ1n) is 8.17. The molecule has 0 atom stereocenters. The Morgan fingerprint density at radius 2 is 2.09 bits per heavy atom. The van der Waals surface area contributed by atoms with Crippen molar-refractivity contribution in [1.82, 2.24) is 10.2 Å². The van der Waals surface area contributed by atoms with E-state index in [2.05, 4.69) is 19.2 Å². The molecule has 1 aromatic carbocycles. The van der Waals surface area contributed by atoms with Gasteiger partial charge in [-0.05, 0) is 44.4 Å². The van der Waals surface area contributed by atoms with Crippen LogP contribution in [0.15, 0.2) is 41.6 Å². The summed E-state index contributed by atoms with van der Waals surface area (Å²) >= 11 is 0. The second-order valence-electron chi connectivity index (χ2n) is 6.13. The number of carbonyl (C=O) groups is 1. The number of rotatable bonds is 5. The Balaban J connectivity index is 1.92. The van der Waals surface area contributed by atoms with E-state index in [1.165, 1.54) is 24.5 Å². The highest BCUT2D eigenvalue weighted by Gasteiger charge is 2.25. The van der Waals surface area contributed by atoms with Crippen LogP contribution in [-0.4, -0.2) is 10.9 Å². The van der Waals surface area contributed by atoms with Gasteiger partial charge in [0.2, 0.25) is 0 Å². The van der Waals surface area contributed by atoms with Gasteiger partial charge < -0.3 is 10.2 Å². The summed E-state index contributed by atoms with van der Waals surface area (Å²) in [5, 5.41) is 2.87. The summed E-state index contributed by atoms with van der Waals surface area (Å²) in [6.07, 6.45) is 7.40. The smallest absolute Gasteiger partial charge is 0.316 e. The van der Waals surface area contributed by atoms with Crippen LogP contribution in [0.1, 0.15) is 51.2 Å². The quantitative estimate of drug-likeness (QED) is 0.771. The summed E-state index contributed by atoms with van der Waals surface area (Å²) in [5.41, 5.74) is 3.61. The van der Waals surface area contributed by atoms with Crippen LogP contribution < -0.4 is 5.32 Å². The van der Waals surface area contributed by atoms with Gasteiger partial charge in [0.25, 0.3) is 0 Å². The van der Waals surface area contributed by atoms with E-state index in [0.717, 1.165) is 17.7 Å². The Bertz CT molecular complexity index is 634. The summed E-state index contributed by atoms with van der Waals surface area (Å²) < 4.78 is 13.7. The number of benzene rings is 1. The van der Waals surface area contributed by atoms with Crippen molar-refractivity contribution in [2.24, 2.45) is 0 Å². The monoisotopic (exact) mass is 316 g/mol. The lowest BCUT2D eigenvalue weighted by Crippen LogP contribution is -2.35. The van der Waals surface area contributed by atoms with Crippen molar-refractivity contribution in [2.45, 2.75) is 53.1 Å². The molecule has 1 heterocycles. The van der Waals surface area contributed by atoms with Crippen molar-refractivity contribution >= 4 is 6.03 Å². The van der Waals surface area contributed by atoms with E-state index < -0.39 is 0 Å². The molecule has 2 rings (SSSR count). The van der Waals surface area contributed by atoms with Crippen molar-refractivity contribution in [3.8, 4) is 0 Å². The minimum Gasteiger partial charge on any atom is -0.316 e. The molecule has 4 heteroatoms. The van der Waals surface area contributed by atoms with Crippen molar-refractivity contribution in [3.05, 3.63) is 58.6 Å². The number of hydrogen-bond donors (Lipinski definition) is 1. The average molecular weight is 316 g/mol. The fourth-order valence-corrected chi connectivity index (χ4v) is 2.62. The SMILES string of the molecule is CCCC/C(C)=C/C=C(\C)NC(=O)N1Cc2cccc(F)c2C1. The summed E-state index contributed by atoms with van der Waals surface area (Å²) in [6, 6.07) is 4.81. The number of urea groups is 1. The number of carbonyl (C=O) groups excluding carboxylic acids is 1. The van der Waals surface area contributed by atoms with E-state index in [9.17, 15) is 9.18 Å². The molecule has 0 bridgehead atoms. The first-order chi connectivity index (χ1) is 11.0. The second kappa shape index (κ2) is 7.95. The lowest BCUT2D eigenvalue weighted by atomic mass is 10.1. The van der Waals surface area contributed by atoms with Gasteiger partial charge in [-0.3, -0.25) is 0 Å². The number of unbranched alkanes of at least 4 members (excludes halogenated alkanes) is 1. The van der Waals surface area contributed by atoms with E-state index in [1.54, 1.807) is 11.0 Å². The minimum atomic E-state index is -0.237. The van der Waals surface area contributed by atoms with Gasteiger partial charge in [-0.1, -0.05) is 37.1 Å². The van der Waals surface area contributed by atoms with Crippen molar-refractivity contribution in [2.75, 3.05) is 0 Å². The van der Waals surface area contributed by atoms with Crippen molar-refractivity contribution in [3.63, 3.8) is 0 Å². The third kappa shape index (κ3) is 4.68. The zero-order valence-electron chi connectivity index (χ0n) is 14.2. The summed E-state index contributed by atoms with van der Waals surface area (Å²) in [6.45, 7) is 6.92. The molecule has 0 aromatic heterocycles. The van der Waals surface area contributed by atoms with E-state index in [4.69, 9.17) is 0 Å². The van der Waals surface area contributed by atoms with E-state index >= 15 is 0 Å². The van der Waals surface area contributed by atoms with Crippen LogP contribution >= 0.6 is 0 Å². The summed E-state index contributed by atoms with van der Waals surface area (Å²) in [5.74, 6) is -0.237. The molecule has 124 valence electrons. The molecule has 0 saturated carbocycles. The number of nitrogens with one attached hydrogen (secondary N) is 1. The van der Waals surface area contributed by atoms with Crippen LogP contribution in [-0.2, 0) is 13.1 Å². The molecule has 1 aliphatic rings. The average Bonchev–Trinajstić information content (AvgIpc) is 2.96. The molecule has 1 aromatic rings. The molecule has 0 unspecified atom stereocenters. The van der Waals surface area contributed by atoms with Crippen LogP contribution in [0.5, 0.6) is 0 Å². The Labute approximate surface area is 137 Å². The maximum Gasteiger partial charge on any atom is 0.322 e. The maximum atomic E-state index is 13.7. The summed E-state index contributed by atoms with van der Waals surface area (Å²) in [4.78, 5) is 13.9. The van der Waals surface area contributed by atoms with Crippen LogP contribution in [0.2, 0.25) is 0 Å². The van der Waals surface area contributed by atoms with Gasteiger partial charge in [0.15, 0.2) is 0 Å². The van der Waals surface area contributed by atoms with E-state index in [-0.39, 0.29) is 11.8 Å². The lowest BCUT2D eigenvalue weighted by molar-refractivity contribution is 0.201. The second-order valence-corrected chi connectivity index (χ2v) is 6.13. The van der Waals surface area contributed by atoms with Gasteiger partial charge >= 0.3 is 6.03 Å². The molecule has 2 amide bonds. The molecule has 23 heavy (non-hydrogen) atoms. The lowest BCUT2D eigenvalue weighted by Gasteiger charge is -2.16. The minimum absolute atomic E-state index is 0.186. The zero-order valence-corrected chi connectivity index (χ0v) is 14.2. The third-order valence-electron chi connectivity index (χ3n) is 4.06. The standard InChI is InChI=1S/C19H25FN2O/c1-4-5-7-14(2)10-11-15(3)21-19(23)22-12-16-8-6-9-18(20)17(16)13-22/h6,8-11H,4-5,7,12-13H2,1-3H3,(H,21,23)/b14-10+,15-11+. The van der Waals surface area contributed by atoms with Crippen LogP contribution in [0.25, 0.3) is 0 Å². The van der Waals surface area contributed by atoms with Crippen molar-refractivity contribution < 1.29 is 9.18 Å².